The second-order valence-electron chi connectivity index (χ2n) is 16.5. The highest BCUT2D eigenvalue weighted by Crippen LogP contribution is 2.48. The van der Waals surface area contributed by atoms with Crippen molar-refractivity contribution in [2.45, 2.75) is 192 Å². The van der Waals surface area contributed by atoms with Gasteiger partial charge in [-0.15, -0.1) is 11.6 Å². The number of rotatable bonds is 31. The fourth-order valence-electron chi connectivity index (χ4n) is 8.44. The number of aromatic carboxylic acids is 1. The van der Waals surface area contributed by atoms with E-state index >= 15 is 0 Å². The van der Waals surface area contributed by atoms with E-state index in [1.807, 2.05) is 6.08 Å². The number of carboxylic acids is 1. The molecule has 0 bridgehead atoms. The van der Waals surface area contributed by atoms with Crippen molar-refractivity contribution in [3.63, 3.8) is 0 Å². The molecule has 0 amide bonds. The third-order valence-electron chi connectivity index (χ3n) is 12.3. The number of unbranched alkanes of at least 4 members (excludes halogenated alkanes) is 13. The second kappa shape index (κ2) is 27.3. The van der Waals surface area contributed by atoms with Crippen molar-refractivity contribution in [2.75, 3.05) is 13.2 Å². The minimum atomic E-state index is -0.968. The molecule has 1 aromatic rings. The van der Waals surface area contributed by atoms with Crippen LogP contribution in [0.4, 0.5) is 0 Å². The highest BCUT2D eigenvalue weighted by atomic mass is 35.5. The summed E-state index contributed by atoms with van der Waals surface area (Å²) in [5.74, 6) is -0.372. The maximum Gasteiger partial charge on any atom is 0.335 e. The Balaban J connectivity index is 1.27. The smallest absolute Gasteiger partial charge is 0.335 e. The van der Waals surface area contributed by atoms with Crippen LogP contribution in [0.3, 0.4) is 0 Å². The van der Waals surface area contributed by atoms with Gasteiger partial charge in [-0.25, -0.2) is 4.79 Å². The Kier molecular flexibility index (Phi) is 23.4. The number of esters is 1. The van der Waals surface area contributed by atoms with Crippen LogP contribution in [0.5, 0.6) is 5.75 Å². The van der Waals surface area contributed by atoms with Gasteiger partial charge in [0.05, 0.1) is 31.0 Å². The highest BCUT2D eigenvalue weighted by molar-refractivity contribution is 6.21. The molecule has 2 fully saturated rings. The van der Waals surface area contributed by atoms with Crippen LogP contribution in [-0.2, 0) is 16.0 Å². The van der Waals surface area contributed by atoms with E-state index in [2.05, 4.69) is 32.1 Å². The molecule has 8 heteroatoms. The lowest BCUT2D eigenvalue weighted by atomic mass is 9.63. The molecule has 0 unspecified atom stereocenters. The summed E-state index contributed by atoms with van der Waals surface area (Å²) in [6.07, 6.45) is 33.6. The zero-order valence-corrected chi connectivity index (χ0v) is 35.1. The maximum absolute atomic E-state index is 12.4. The van der Waals surface area contributed by atoms with E-state index < -0.39 is 12.1 Å². The fourth-order valence-corrected chi connectivity index (χ4v) is 8.89. The summed E-state index contributed by atoms with van der Waals surface area (Å²) in [7, 11) is 0. The third-order valence-corrected chi connectivity index (χ3v) is 12.8. The first-order valence-electron chi connectivity index (χ1n) is 22.2. The average Bonchev–Trinajstić information content (AvgIpc) is 3.42. The summed E-state index contributed by atoms with van der Waals surface area (Å²) >= 11 is 6.65. The van der Waals surface area contributed by atoms with Gasteiger partial charge in [-0.2, -0.15) is 0 Å². The van der Waals surface area contributed by atoms with Gasteiger partial charge in [-0.3, -0.25) is 4.79 Å². The molecule has 2 aliphatic rings. The number of alkyl halides is 1. The van der Waals surface area contributed by atoms with E-state index in [1.165, 1.54) is 77.0 Å². The number of ether oxygens (including phenoxy) is 2. The molecule has 0 heterocycles. The van der Waals surface area contributed by atoms with Crippen LogP contribution in [0.25, 0.3) is 0 Å². The van der Waals surface area contributed by atoms with Crippen LogP contribution in [0.15, 0.2) is 42.5 Å². The minimum absolute atomic E-state index is 0.0217. The van der Waals surface area contributed by atoms with Crippen LogP contribution >= 0.6 is 11.6 Å². The Morgan fingerprint density at radius 1 is 0.891 bits per heavy atom. The molecule has 2 aliphatic carbocycles. The number of allylic oxidation sites excluding steroid dienone is 2. The lowest BCUT2D eigenvalue weighted by molar-refractivity contribution is -0.143. The summed E-state index contributed by atoms with van der Waals surface area (Å²) < 4.78 is 11.6. The van der Waals surface area contributed by atoms with Gasteiger partial charge in [0.1, 0.15) is 5.75 Å². The van der Waals surface area contributed by atoms with Crippen molar-refractivity contribution in [1.82, 2.24) is 0 Å². The van der Waals surface area contributed by atoms with Crippen molar-refractivity contribution >= 4 is 23.5 Å². The molecule has 0 radical (unpaired) electrons. The number of carboxylic acid groups (broad SMARTS) is 1. The van der Waals surface area contributed by atoms with Crippen molar-refractivity contribution in [2.24, 2.45) is 17.3 Å². The van der Waals surface area contributed by atoms with E-state index in [0.29, 0.717) is 50.9 Å². The zero-order chi connectivity index (χ0) is 39.7. The summed E-state index contributed by atoms with van der Waals surface area (Å²) in [5, 5.41) is 30.9. The standard InChI is InChI=1S/C47H75ClO7/c1-3-5-6-7-8-9-10-11-12-13-14-17-20-33-54-43-30-29-38(46(52)53)35-37(43)24-22-34-55-45(51)28-19-16-15-18-25-39-40(42(49)36-41(39)48)26-21-27-44(50)47(4-2)31-23-32-47/h15,18,21,26,29-30,35,39-42,44,49-50H,3-14,16-17,19-20,22-25,27-28,31-34,36H2,1-2H3,(H,52,53)/b18-15-,26-21+/t39-,40-,41-,42-,44+/m1/s1. The summed E-state index contributed by atoms with van der Waals surface area (Å²) in [6, 6.07) is 5.02. The number of carbonyl (C=O) groups excluding carboxylic acids is 1. The van der Waals surface area contributed by atoms with Crippen molar-refractivity contribution in [1.29, 1.82) is 0 Å². The minimum Gasteiger partial charge on any atom is -0.493 e. The summed E-state index contributed by atoms with van der Waals surface area (Å²) in [5.41, 5.74) is 1.14. The molecule has 0 aromatic heterocycles. The number of aliphatic hydroxyl groups excluding tert-OH is 2. The number of hydrogen-bond acceptors (Lipinski definition) is 6. The monoisotopic (exact) mass is 787 g/mol. The molecular formula is C47H75ClO7. The molecule has 3 rings (SSSR count). The van der Waals surface area contributed by atoms with Crippen molar-refractivity contribution in [3.05, 3.63) is 53.6 Å². The molecule has 1 aromatic carbocycles. The molecule has 0 spiro atoms. The van der Waals surface area contributed by atoms with Crippen molar-refractivity contribution in [3.8, 4) is 5.75 Å². The maximum atomic E-state index is 12.4. The van der Waals surface area contributed by atoms with E-state index in [0.717, 1.165) is 50.5 Å². The van der Waals surface area contributed by atoms with Gasteiger partial charge < -0.3 is 24.8 Å². The van der Waals surface area contributed by atoms with Gasteiger partial charge in [-0.1, -0.05) is 122 Å². The molecule has 0 saturated heterocycles. The largest absolute Gasteiger partial charge is 0.493 e. The lowest BCUT2D eigenvalue weighted by Gasteiger charge is -2.45. The third kappa shape index (κ3) is 17.4. The van der Waals surface area contributed by atoms with E-state index in [1.54, 1.807) is 18.2 Å². The second-order valence-corrected chi connectivity index (χ2v) is 17.0. The van der Waals surface area contributed by atoms with Gasteiger partial charge in [-0.05, 0) is 106 Å². The first-order chi connectivity index (χ1) is 26.7. The Hall–Kier alpha value is -2.35. The van der Waals surface area contributed by atoms with E-state index in [-0.39, 0.29) is 46.9 Å². The highest BCUT2D eigenvalue weighted by Gasteiger charge is 2.42. The zero-order valence-electron chi connectivity index (χ0n) is 34.4. The molecule has 5 atom stereocenters. The first kappa shape index (κ1) is 47.0. The normalized spacial score (nSPS) is 21.3. The van der Waals surface area contributed by atoms with Gasteiger partial charge in [0, 0.05) is 17.7 Å². The molecule has 3 N–H and O–H groups in total. The molecule has 312 valence electrons. The summed E-state index contributed by atoms with van der Waals surface area (Å²) in [6.45, 7) is 5.31. The van der Waals surface area contributed by atoms with Gasteiger partial charge >= 0.3 is 11.9 Å². The number of carbonyl (C=O) groups is 2. The quantitative estimate of drug-likeness (QED) is 0.0297. The number of aliphatic hydroxyl groups is 2. The molecule has 0 aliphatic heterocycles. The Morgan fingerprint density at radius 3 is 2.18 bits per heavy atom. The van der Waals surface area contributed by atoms with Crippen LogP contribution < -0.4 is 4.74 Å². The number of halogens is 1. The Labute approximate surface area is 338 Å². The van der Waals surface area contributed by atoms with E-state index in [4.69, 9.17) is 21.1 Å². The number of benzene rings is 1. The Morgan fingerprint density at radius 2 is 1.56 bits per heavy atom. The van der Waals surface area contributed by atoms with E-state index in [9.17, 15) is 24.9 Å². The van der Waals surface area contributed by atoms with Gasteiger partial charge in [0.2, 0.25) is 0 Å². The molecule has 7 nitrogen and oxygen atoms in total. The van der Waals surface area contributed by atoms with Gasteiger partial charge in [0.25, 0.3) is 0 Å². The van der Waals surface area contributed by atoms with Crippen molar-refractivity contribution < 1.29 is 34.4 Å². The fraction of sp³-hybridized carbons (Fsp3) is 0.745. The SMILES string of the molecule is CCCCCCCCCCCCCCCOc1ccc(C(=O)O)cc1CCCOC(=O)CCC/C=C\C[C@@H]1[C@@H](/C=C/C[C@H](O)C2(CC)CCC2)[C@H](O)C[C@H]1Cl. The summed E-state index contributed by atoms with van der Waals surface area (Å²) in [4.78, 5) is 24.0. The number of hydrogen-bond donors (Lipinski definition) is 3. The first-order valence-corrected chi connectivity index (χ1v) is 22.6. The Bertz CT molecular complexity index is 1270. The van der Waals surface area contributed by atoms with Crippen LogP contribution in [0.1, 0.15) is 184 Å². The van der Waals surface area contributed by atoms with Gasteiger partial charge in [0.15, 0.2) is 0 Å². The van der Waals surface area contributed by atoms with Crippen LogP contribution in [0, 0.1) is 17.3 Å². The average molecular weight is 788 g/mol. The number of aryl methyl sites for hydroxylation is 1. The predicted molar refractivity (Wildman–Crippen MR) is 225 cm³/mol. The van der Waals surface area contributed by atoms with Crippen LogP contribution in [0.2, 0.25) is 0 Å². The topological polar surface area (TPSA) is 113 Å². The molecule has 2 saturated carbocycles. The molecule has 55 heavy (non-hydrogen) atoms. The predicted octanol–water partition coefficient (Wildman–Crippen LogP) is 11.9. The molecular weight excluding hydrogens is 712 g/mol. The van der Waals surface area contributed by atoms with Crippen LogP contribution in [-0.4, -0.2) is 58.1 Å². The lowest BCUT2D eigenvalue weighted by Crippen LogP contribution is -2.40.